The number of ether oxygens (including phenoxy) is 3. The number of hydrogen-bond donors (Lipinski definition) is 0. The van der Waals surface area contributed by atoms with E-state index in [2.05, 4.69) is 20.8 Å². The molecule has 0 bridgehead atoms. The SMILES string of the molecule is C=C(C)C(=O)OC(C)(C(=O)OC)C(F)(F)C(=O)OCC(F)(F)F. The molecule has 0 saturated heterocycles. The van der Waals surface area contributed by atoms with Crippen LogP contribution in [0.1, 0.15) is 13.8 Å². The van der Waals surface area contributed by atoms with E-state index in [0.29, 0.717) is 14.0 Å². The highest BCUT2D eigenvalue weighted by atomic mass is 19.4. The molecule has 0 amide bonds. The Labute approximate surface area is 127 Å². The van der Waals surface area contributed by atoms with Gasteiger partial charge in [-0.25, -0.2) is 14.4 Å². The Hall–Kier alpha value is -2.20. The van der Waals surface area contributed by atoms with Crippen molar-refractivity contribution in [3.05, 3.63) is 12.2 Å². The molecule has 1 unspecified atom stereocenters. The molecule has 0 heterocycles. The van der Waals surface area contributed by atoms with Crippen LogP contribution in [0.3, 0.4) is 0 Å². The lowest BCUT2D eigenvalue weighted by atomic mass is 9.97. The van der Waals surface area contributed by atoms with Crippen LogP contribution in [-0.4, -0.2) is 49.3 Å². The fourth-order valence-corrected chi connectivity index (χ4v) is 1.13. The Kier molecular flexibility index (Phi) is 6.26. The fourth-order valence-electron chi connectivity index (χ4n) is 1.13. The molecule has 0 N–H and O–H groups in total. The highest BCUT2D eigenvalue weighted by molar-refractivity contribution is 5.95. The minimum absolute atomic E-state index is 0.300. The maximum absolute atomic E-state index is 14.1. The minimum atomic E-state index is -5.07. The van der Waals surface area contributed by atoms with Gasteiger partial charge in [-0.05, 0) is 13.8 Å². The van der Waals surface area contributed by atoms with Crippen molar-refractivity contribution in [1.82, 2.24) is 0 Å². The zero-order valence-corrected chi connectivity index (χ0v) is 12.3. The number of esters is 3. The molecule has 0 aliphatic rings. The third-order valence-electron chi connectivity index (χ3n) is 2.44. The van der Waals surface area contributed by atoms with E-state index in [9.17, 15) is 36.3 Å². The monoisotopic (exact) mass is 348 g/mol. The van der Waals surface area contributed by atoms with Gasteiger partial charge < -0.3 is 14.2 Å². The summed E-state index contributed by atoms with van der Waals surface area (Å²) in [7, 11) is 0.645. The zero-order chi connectivity index (χ0) is 18.6. The molecule has 132 valence electrons. The summed E-state index contributed by atoms with van der Waals surface area (Å²) < 4.78 is 75.6. The molecule has 0 aliphatic heterocycles. The van der Waals surface area contributed by atoms with Crippen LogP contribution in [-0.2, 0) is 28.6 Å². The number of halogens is 5. The van der Waals surface area contributed by atoms with E-state index in [4.69, 9.17) is 0 Å². The second-order valence-electron chi connectivity index (χ2n) is 4.46. The average molecular weight is 348 g/mol. The van der Waals surface area contributed by atoms with Gasteiger partial charge >= 0.3 is 30.0 Å². The normalized spacial score (nSPS) is 14.4. The maximum Gasteiger partial charge on any atom is 0.422 e. The third-order valence-corrected chi connectivity index (χ3v) is 2.44. The van der Waals surface area contributed by atoms with Crippen molar-refractivity contribution in [1.29, 1.82) is 0 Å². The van der Waals surface area contributed by atoms with Crippen molar-refractivity contribution < 1.29 is 50.5 Å². The quantitative estimate of drug-likeness (QED) is 0.315. The van der Waals surface area contributed by atoms with Gasteiger partial charge in [0.2, 0.25) is 0 Å². The molecule has 0 rings (SSSR count). The minimum Gasteiger partial charge on any atom is -0.466 e. The predicted octanol–water partition coefficient (Wildman–Crippen LogP) is 1.78. The van der Waals surface area contributed by atoms with Gasteiger partial charge in [0.25, 0.3) is 5.60 Å². The smallest absolute Gasteiger partial charge is 0.422 e. The van der Waals surface area contributed by atoms with Gasteiger partial charge in [0.1, 0.15) is 0 Å². The molecule has 0 aromatic heterocycles. The number of carbonyl (C=O) groups is 3. The first kappa shape index (κ1) is 20.8. The molecular weight excluding hydrogens is 335 g/mol. The van der Waals surface area contributed by atoms with Gasteiger partial charge in [0.15, 0.2) is 6.61 Å². The number of methoxy groups -OCH3 is 1. The first-order valence-corrected chi connectivity index (χ1v) is 5.78. The molecular formula is C12H13F5O6. The maximum atomic E-state index is 14.1. The van der Waals surface area contributed by atoms with Gasteiger partial charge in [-0.1, -0.05) is 6.58 Å². The largest absolute Gasteiger partial charge is 0.466 e. The molecule has 11 heteroatoms. The van der Waals surface area contributed by atoms with Gasteiger partial charge in [0, 0.05) is 5.57 Å². The number of hydrogen-bond acceptors (Lipinski definition) is 6. The molecule has 0 aliphatic carbocycles. The topological polar surface area (TPSA) is 78.9 Å². The first-order chi connectivity index (χ1) is 10.2. The van der Waals surface area contributed by atoms with Gasteiger partial charge in [-0.3, -0.25) is 0 Å². The summed E-state index contributed by atoms with van der Waals surface area (Å²) in [6.45, 7) is 2.13. The molecule has 0 radical (unpaired) electrons. The third kappa shape index (κ3) is 4.89. The van der Waals surface area contributed by atoms with Crippen molar-refractivity contribution >= 4 is 17.9 Å². The summed E-state index contributed by atoms with van der Waals surface area (Å²) >= 11 is 0. The van der Waals surface area contributed by atoms with Crippen molar-refractivity contribution in [3.8, 4) is 0 Å². The summed E-state index contributed by atoms with van der Waals surface area (Å²) in [6, 6.07) is 0. The molecule has 0 aromatic rings. The van der Waals surface area contributed by atoms with Gasteiger partial charge in [0.05, 0.1) is 7.11 Å². The average Bonchev–Trinajstić information content (AvgIpc) is 2.42. The number of alkyl halides is 5. The Balaban J connectivity index is 5.59. The Morgan fingerprint density at radius 1 is 1.04 bits per heavy atom. The van der Waals surface area contributed by atoms with Crippen LogP contribution in [0.4, 0.5) is 22.0 Å². The summed E-state index contributed by atoms with van der Waals surface area (Å²) in [4.78, 5) is 34.1. The lowest BCUT2D eigenvalue weighted by Crippen LogP contribution is -2.60. The summed E-state index contributed by atoms with van der Waals surface area (Å²) in [6.07, 6.45) is -5.07. The summed E-state index contributed by atoms with van der Waals surface area (Å²) in [5.74, 6) is -11.0. The van der Waals surface area contributed by atoms with Crippen LogP contribution >= 0.6 is 0 Å². The second kappa shape index (κ2) is 6.92. The Morgan fingerprint density at radius 2 is 1.52 bits per heavy atom. The van der Waals surface area contributed by atoms with Crippen LogP contribution in [0.2, 0.25) is 0 Å². The summed E-state index contributed by atoms with van der Waals surface area (Å²) in [5.41, 5.74) is -3.94. The standard InChI is InChI=1S/C12H13F5O6/c1-6(2)7(18)23-10(3,8(19)21-4)12(16,17)9(20)22-5-11(13,14)15/h1,5H2,2-4H3. The molecule has 6 nitrogen and oxygen atoms in total. The van der Waals surface area contributed by atoms with E-state index in [-0.39, 0.29) is 0 Å². The van der Waals surface area contributed by atoms with E-state index < -0.39 is 47.8 Å². The Morgan fingerprint density at radius 3 is 1.87 bits per heavy atom. The van der Waals surface area contributed by atoms with Crippen LogP contribution in [0.15, 0.2) is 12.2 Å². The molecule has 0 spiro atoms. The predicted molar refractivity (Wildman–Crippen MR) is 63.3 cm³/mol. The van der Waals surface area contributed by atoms with Gasteiger partial charge in [-0.2, -0.15) is 22.0 Å². The highest BCUT2D eigenvalue weighted by Crippen LogP contribution is 2.35. The van der Waals surface area contributed by atoms with Crippen molar-refractivity contribution in [2.45, 2.75) is 31.5 Å². The van der Waals surface area contributed by atoms with E-state index in [1.165, 1.54) is 0 Å². The molecule has 23 heavy (non-hydrogen) atoms. The van der Waals surface area contributed by atoms with Gasteiger partial charge in [-0.15, -0.1) is 0 Å². The molecule has 0 aromatic carbocycles. The summed E-state index contributed by atoms with van der Waals surface area (Å²) in [5, 5.41) is 0. The van der Waals surface area contributed by atoms with Crippen molar-refractivity contribution in [2.75, 3.05) is 13.7 Å². The first-order valence-electron chi connectivity index (χ1n) is 5.78. The molecule has 0 fully saturated rings. The van der Waals surface area contributed by atoms with Crippen LogP contribution in [0.25, 0.3) is 0 Å². The van der Waals surface area contributed by atoms with Crippen LogP contribution in [0.5, 0.6) is 0 Å². The van der Waals surface area contributed by atoms with E-state index in [1.54, 1.807) is 0 Å². The van der Waals surface area contributed by atoms with Crippen LogP contribution in [0, 0.1) is 0 Å². The highest BCUT2D eigenvalue weighted by Gasteiger charge is 2.66. The van der Waals surface area contributed by atoms with E-state index in [0.717, 1.165) is 6.92 Å². The van der Waals surface area contributed by atoms with E-state index >= 15 is 0 Å². The Bertz CT molecular complexity index is 513. The van der Waals surface area contributed by atoms with Crippen LogP contribution < -0.4 is 0 Å². The zero-order valence-electron chi connectivity index (χ0n) is 12.3. The number of carbonyl (C=O) groups excluding carboxylic acids is 3. The molecule has 0 saturated carbocycles. The molecule has 1 atom stereocenters. The number of rotatable bonds is 6. The van der Waals surface area contributed by atoms with E-state index in [1.807, 2.05) is 0 Å². The lowest BCUT2D eigenvalue weighted by Gasteiger charge is -2.32. The second-order valence-corrected chi connectivity index (χ2v) is 4.46. The van der Waals surface area contributed by atoms with Crippen molar-refractivity contribution in [3.63, 3.8) is 0 Å². The fraction of sp³-hybridized carbons (Fsp3) is 0.583. The van der Waals surface area contributed by atoms with Crippen molar-refractivity contribution in [2.24, 2.45) is 0 Å². The lowest BCUT2D eigenvalue weighted by molar-refractivity contribution is -0.237.